The van der Waals surface area contributed by atoms with Gasteiger partial charge in [-0.3, -0.25) is 4.79 Å². The Hall–Kier alpha value is -3.08. The summed E-state index contributed by atoms with van der Waals surface area (Å²) in [6.45, 7) is 2.22. The molecule has 0 heterocycles. The van der Waals surface area contributed by atoms with Crippen LogP contribution >= 0.6 is 0 Å². The van der Waals surface area contributed by atoms with E-state index in [1.807, 2.05) is 37.3 Å². The molecule has 0 amide bonds. The minimum absolute atomic E-state index is 0.260. The molecule has 0 radical (unpaired) electrons. The molecule has 0 spiro atoms. The molecule has 2 rings (SSSR count). The maximum absolute atomic E-state index is 12.1. The van der Waals surface area contributed by atoms with E-state index in [1.165, 1.54) is 6.08 Å². The fraction of sp³-hybridized carbons (Fsp3) is 0.200. The second kappa shape index (κ2) is 9.27. The van der Waals surface area contributed by atoms with Crippen molar-refractivity contribution >= 4 is 18.0 Å². The van der Waals surface area contributed by atoms with Crippen molar-refractivity contribution in [3.05, 3.63) is 65.7 Å². The first-order valence-corrected chi connectivity index (χ1v) is 8.01. The Bertz CT molecular complexity index is 750. The predicted molar refractivity (Wildman–Crippen MR) is 94.7 cm³/mol. The summed E-state index contributed by atoms with van der Waals surface area (Å²) in [6.07, 6.45) is 3.35. The quantitative estimate of drug-likeness (QED) is 0.450. The molecule has 130 valence electrons. The zero-order valence-electron chi connectivity index (χ0n) is 14.0. The number of benzene rings is 2. The topological polar surface area (TPSA) is 72.8 Å². The van der Waals surface area contributed by atoms with Gasteiger partial charge in [0.2, 0.25) is 0 Å². The molecule has 0 bridgehead atoms. The first-order chi connectivity index (χ1) is 12.1. The lowest BCUT2D eigenvalue weighted by Crippen LogP contribution is -2.10. The highest BCUT2D eigenvalue weighted by molar-refractivity contribution is 5.85. The van der Waals surface area contributed by atoms with E-state index in [0.717, 1.165) is 11.6 Å². The molecule has 0 aliphatic carbocycles. The van der Waals surface area contributed by atoms with Gasteiger partial charge in [0.1, 0.15) is 0 Å². The maximum atomic E-state index is 12.1. The van der Waals surface area contributed by atoms with Crippen molar-refractivity contribution in [3.63, 3.8) is 0 Å². The van der Waals surface area contributed by atoms with Gasteiger partial charge in [-0.1, -0.05) is 36.4 Å². The van der Waals surface area contributed by atoms with Crippen molar-refractivity contribution in [2.45, 2.75) is 19.8 Å². The van der Waals surface area contributed by atoms with E-state index < -0.39 is 5.97 Å². The minimum Gasteiger partial charge on any atom is -0.490 e. The van der Waals surface area contributed by atoms with Gasteiger partial charge in [0.15, 0.2) is 11.5 Å². The van der Waals surface area contributed by atoms with Gasteiger partial charge in [-0.25, -0.2) is 4.79 Å². The van der Waals surface area contributed by atoms with Crippen molar-refractivity contribution in [2.24, 2.45) is 0 Å². The third-order valence-corrected chi connectivity index (χ3v) is 3.37. The van der Waals surface area contributed by atoms with Gasteiger partial charge in [0.25, 0.3) is 0 Å². The normalized spacial score (nSPS) is 10.6. The maximum Gasteiger partial charge on any atom is 0.328 e. The molecular formula is C20H20O5. The van der Waals surface area contributed by atoms with Crippen molar-refractivity contribution in [1.82, 2.24) is 0 Å². The van der Waals surface area contributed by atoms with E-state index in [2.05, 4.69) is 0 Å². The third-order valence-electron chi connectivity index (χ3n) is 3.37. The van der Waals surface area contributed by atoms with Crippen molar-refractivity contribution in [1.29, 1.82) is 0 Å². The summed E-state index contributed by atoms with van der Waals surface area (Å²) < 4.78 is 10.9. The summed E-state index contributed by atoms with van der Waals surface area (Å²) in [7, 11) is 0. The summed E-state index contributed by atoms with van der Waals surface area (Å²) in [5, 5.41) is 8.69. The molecule has 2 aromatic carbocycles. The van der Waals surface area contributed by atoms with E-state index in [0.29, 0.717) is 30.1 Å². The number of carboxylic acid groups (broad SMARTS) is 1. The molecule has 0 saturated heterocycles. The fourth-order valence-electron chi connectivity index (χ4n) is 2.21. The van der Waals surface area contributed by atoms with Gasteiger partial charge in [0.05, 0.1) is 6.61 Å². The highest BCUT2D eigenvalue weighted by atomic mass is 16.6. The Kier molecular flexibility index (Phi) is 6.77. The molecule has 5 heteroatoms. The van der Waals surface area contributed by atoms with Crippen LogP contribution < -0.4 is 9.47 Å². The summed E-state index contributed by atoms with van der Waals surface area (Å²) in [6, 6.07) is 14.6. The first kappa shape index (κ1) is 18.3. The van der Waals surface area contributed by atoms with Crippen LogP contribution in [0.5, 0.6) is 11.5 Å². The van der Waals surface area contributed by atoms with Crippen LogP contribution in [0.1, 0.15) is 24.5 Å². The van der Waals surface area contributed by atoms with Crippen LogP contribution in [-0.4, -0.2) is 23.7 Å². The highest BCUT2D eigenvalue weighted by Crippen LogP contribution is 2.29. The fourth-order valence-corrected chi connectivity index (χ4v) is 2.21. The molecule has 0 aliphatic rings. The van der Waals surface area contributed by atoms with Crippen LogP contribution in [0.3, 0.4) is 0 Å². The summed E-state index contributed by atoms with van der Waals surface area (Å²) in [5.41, 5.74) is 1.72. The standard InChI is InChI=1S/C20H20O5/c1-2-24-18-14-16(9-12-19(21)22)8-11-17(18)25-20(23)13-10-15-6-4-3-5-7-15/h3-9,11-12,14H,2,10,13H2,1H3,(H,21,22)/b12-9+. The first-order valence-electron chi connectivity index (χ1n) is 8.01. The lowest BCUT2D eigenvalue weighted by Gasteiger charge is -2.11. The third kappa shape index (κ3) is 6.14. The van der Waals surface area contributed by atoms with Crippen LogP contribution in [0, 0.1) is 0 Å². The number of hydrogen-bond acceptors (Lipinski definition) is 4. The number of esters is 1. The number of ether oxygens (including phenoxy) is 2. The molecule has 0 atom stereocenters. The van der Waals surface area contributed by atoms with E-state index in [-0.39, 0.29) is 12.4 Å². The molecule has 0 saturated carbocycles. The van der Waals surface area contributed by atoms with Gasteiger partial charge in [-0.15, -0.1) is 0 Å². The van der Waals surface area contributed by atoms with E-state index >= 15 is 0 Å². The Labute approximate surface area is 146 Å². The average Bonchev–Trinajstić information content (AvgIpc) is 2.61. The Morgan fingerprint density at radius 1 is 1.08 bits per heavy atom. The highest BCUT2D eigenvalue weighted by Gasteiger charge is 2.11. The van der Waals surface area contributed by atoms with Gasteiger partial charge in [0, 0.05) is 12.5 Å². The van der Waals surface area contributed by atoms with Gasteiger partial charge >= 0.3 is 11.9 Å². The second-order valence-electron chi connectivity index (χ2n) is 5.27. The van der Waals surface area contributed by atoms with E-state index in [4.69, 9.17) is 14.6 Å². The number of hydrogen-bond donors (Lipinski definition) is 1. The largest absolute Gasteiger partial charge is 0.490 e. The molecule has 0 aliphatic heterocycles. The molecule has 5 nitrogen and oxygen atoms in total. The van der Waals surface area contributed by atoms with Crippen molar-refractivity contribution in [3.8, 4) is 11.5 Å². The molecule has 1 N–H and O–H groups in total. The lowest BCUT2D eigenvalue weighted by atomic mass is 10.1. The molecular weight excluding hydrogens is 320 g/mol. The molecule has 0 unspecified atom stereocenters. The number of carboxylic acids is 1. The van der Waals surface area contributed by atoms with Crippen LogP contribution in [0.4, 0.5) is 0 Å². The molecule has 2 aromatic rings. The van der Waals surface area contributed by atoms with Gasteiger partial charge < -0.3 is 14.6 Å². The van der Waals surface area contributed by atoms with Crippen LogP contribution in [-0.2, 0) is 16.0 Å². The number of carbonyl (C=O) groups is 2. The number of aryl methyl sites for hydroxylation is 1. The Balaban J connectivity index is 2.04. The molecule has 25 heavy (non-hydrogen) atoms. The van der Waals surface area contributed by atoms with Crippen LogP contribution in [0.25, 0.3) is 6.08 Å². The average molecular weight is 340 g/mol. The Morgan fingerprint density at radius 3 is 2.52 bits per heavy atom. The summed E-state index contributed by atoms with van der Waals surface area (Å²) >= 11 is 0. The van der Waals surface area contributed by atoms with Crippen LogP contribution in [0.2, 0.25) is 0 Å². The number of aliphatic carboxylic acids is 1. The van der Waals surface area contributed by atoms with Gasteiger partial charge in [-0.05, 0) is 42.7 Å². The Morgan fingerprint density at radius 2 is 1.84 bits per heavy atom. The SMILES string of the molecule is CCOc1cc(/C=C/C(=O)O)ccc1OC(=O)CCc1ccccc1. The summed E-state index contributed by atoms with van der Waals surface area (Å²) in [4.78, 5) is 22.7. The van der Waals surface area contributed by atoms with Crippen molar-refractivity contribution < 1.29 is 24.2 Å². The van der Waals surface area contributed by atoms with E-state index in [9.17, 15) is 9.59 Å². The summed E-state index contributed by atoms with van der Waals surface area (Å²) in [5.74, 6) is -0.650. The van der Waals surface area contributed by atoms with Gasteiger partial charge in [-0.2, -0.15) is 0 Å². The monoisotopic (exact) mass is 340 g/mol. The van der Waals surface area contributed by atoms with Crippen molar-refractivity contribution in [2.75, 3.05) is 6.61 Å². The molecule has 0 fully saturated rings. The zero-order chi connectivity index (χ0) is 18.1. The minimum atomic E-state index is -1.03. The van der Waals surface area contributed by atoms with Crippen LogP contribution in [0.15, 0.2) is 54.6 Å². The van der Waals surface area contributed by atoms with E-state index in [1.54, 1.807) is 18.2 Å². The number of rotatable bonds is 8. The molecule has 0 aromatic heterocycles. The predicted octanol–water partition coefficient (Wildman–Crippen LogP) is 3.72. The number of carbonyl (C=O) groups excluding carboxylic acids is 1. The zero-order valence-corrected chi connectivity index (χ0v) is 14.0. The smallest absolute Gasteiger partial charge is 0.328 e. The lowest BCUT2D eigenvalue weighted by molar-refractivity contribution is -0.134. The second-order valence-corrected chi connectivity index (χ2v) is 5.27.